The summed E-state index contributed by atoms with van der Waals surface area (Å²) in [5.41, 5.74) is 5.34. The summed E-state index contributed by atoms with van der Waals surface area (Å²) in [6.07, 6.45) is 7.32. The van der Waals surface area contributed by atoms with Crippen LogP contribution < -0.4 is 14.8 Å². The highest BCUT2D eigenvalue weighted by Gasteiger charge is 2.32. The van der Waals surface area contributed by atoms with Gasteiger partial charge in [0.25, 0.3) is 0 Å². The van der Waals surface area contributed by atoms with Crippen LogP contribution in [0.15, 0.2) is 48.9 Å². The summed E-state index contributed by atoms with van der Waals surface area (Å²) in [7, 11) is 3.18. The molecule has 2 aliphatic rings. The molecule has 3 aromatic heterocycles. The molecule has 1 aromatic carbocycles. The Morgan fingerprint density at radius 3 is 2.69 bits per heavy atom. The third kappa shape index (κ3) is 4.04. The van der Waals surface area contributed by atoms with Crippen LogP contribution in [-0.2, 0) is 6.54 Å². The van der Waals surface area contributed by atoms with E-state index in [2.05, 4.69) is 26.3 Å². The number of ether oxygens (including phenoxy) is 2. The van der Waals surface area contributed by atoms with E-state index in [1.165, 1.54) is 6.07 Å². The Kier molecular flexibility index (Phi) is 5.75. The molecule has 9 heteroatoms. The Morgan fingerprint density at radius 1 is 1.03 bits per heavy atom. The quantitative estimate of drug-likeness (QED) is 0.375. The molecule has 0 saturated heterocycles. The lowest BCUT2D eigenvalue weighted by molar-refractivity contribution is 0.397. The van der Waals surface area contributed by atoms with Crippen LogP contribution in [0.4, 0.5) is 10.1 Å². The summed E-state index contributed by atoms with van der Waals surface area (Å²) >= 11 is 0. The molecule has 0 spiro atoms. The number of aromatic nitrogens is 5. The number of hydrogen-bond donors (Lipinski definition) is 1. The zero-order valence-corrected chi connectivity index (χ0v) is 20.2. The Labute approximate surface area is 208 Å². The summed E-state index contributed by atoms with van der Waals surface area (Å²) < 4.78 is 28.1. The van der Waals surface area contributed by atoms with Crippen LogP contribution in [0.1, 0.15) is 49.0 Å². The first kappa shape index (κ1) is 22.5. The molecule has 4 heterocycles. The molecular formula is C27H27FN6O2. The van der Waals surface area contributed by atoms with Gasteiger partial charge in [-0.15, -0.1) is 0 Å². The molecule has 1 fully saturated rings. The van der Waals surface area contributed by atoms with Gasteiger partial charge in [-0.2, -0.15) is 5.10 Å². The largest absolute Gasteiger partial charge is 0.494 e. The van der Waals surface area contributed by atoms with Gasteiger partial charge in [0, 0.05) is 29.9 Å². The van der Waals surface area contributed by atoms with Gasteiger partial charge in [0.15, 0.2) is 0 Å². The number of hydrogen-bond acceptors (Lipinski definition) is 7. The lowest BCUT2D eigenvalue weighted by Gasteiger charge is -2.25. The first-order valence-corrected chi connectivity index (χ1v) is 12.2. The number of pyridine rings is 1. The second-order valence-electron chi connectivity index (χ2n) is 9.18. The number of fused-ring (bicyclic) bond motifs is 1. The molecule has 0 unspecified atom stereocenters. The number of rotatable bonds is 7. The van der Waals surface area contributed by atoms with Crippen LogP contribution in [-0.4, -0.2) is 39.0 Å². The average Bonchev–Trinajstić information content (AvgIpc) is 3.66. The van der Waals surface area contributed by atoms with Gasteiger partial charge in [-0.3, -0.25) is 9.67 Å². The van der Waals surface area contributed by atoms with E-state index in [4.69, 9.17) is 14.6 Å². The maximum atomic E-state index is 15.2. The average molecular weight is 487 g/mol. The fourth-order valence-corrected chi connectivity index (χ4v) is 4.95. The SMILES string of the molecule is COc1cccnc1-c1ccc(N[C@H]2CCCn3nc(-c4c(OC)ncnc4C4CC4)cc32)cc1F. The molecular weight excluding hydrogens is 459 g/mol. The molecule has 1 saturated carbocycles. The van der Waals surface area contributed by atoms with Crippen molar-refractivity contribution in [2.75, 3.05) is 19.5 Å². The molecule has 1 aliphatic heterocycles. The maximum absolute atomic E-state index is 15.2. The summed E-state index contributed by atoms with van der Waals surface area (Å²) in [6.45, 7) is 0.828. The predicted octanol–water partition coefficient (Wildman–Crippen LogP) is 5.38. The highest BCUT2D eigenvalue weighted by atomic mass is 19.1. The predicted molar refractivity (Wildman–Crippen MR) is 134 cm³/mol. The summed E-state index contributed by atoms with van der Waals surface area (Å²) in [4.78, 5) is 13.2. The maximum Gasteiger partial charge on any atom is 0.226 e. The van der Waals surface area contributed by atoms with Crippen LogP contribution in [0, 0.1) is 5.82 Å². The monoisotopic (exact) mass is 486 g/mol. The number of aryl methyl sites for hydroxylation is 1. The van der Waals surface area contributed by atoms with Crippen molar-refractivity contribution < 1.29 is 13.9 Å². The van der Waals surface area contributed by atoms with Crippen molar-refractivity contribution in [2.45, 2.75) is 44.2 Å². The minimum Gasteiger partial charge on any atom is -0.494 e. The highest BCUT2D eigenvalue weighted by molar-refractivity contribution is 5.70. The fourth-order valence-electron chi connectivity index (χ4n) is 4.95. The highest BCUT2D eigenvalue weighted by Crippen LogP contribution is 2.46. The molecule has 0 amide bonds. The summed E-state index contributed by atoms with van der Waals surface area (Å²) in [6, 6.07) is 10.8. The molecule has 1 aliphatic carbocycles. The van der Waals surface area contributed by atoms with Crippen molar-refractivity contribution in [3.8, 4) is 34.1 Å². The van der Waals surface area contributed by atoms with Gasteiger partial charge in [-0.25, -0.2) is 14.4 Å². The first-order valence-electron chi connectivity index (χ1n) is 12.2. The Balaban J connectivity index is 1.30. The standard InChI is InChI=1S/C27H27FN6O2/c1-35-23-6-3-11-29-26(23)18-10-9-17(13-19(18)28)32-20-5-4-12-34-22(20)14-21(33-34)24-25(16-7-8-16)30-15-31-27(24)36-2/h3,6,9-11,13-16,20,32H,4-5,7-8,12H2,1-2H3/t20-/m0/s1. The third-order valence-corrected chi connectivity index (χ3v) is 6.84. The van der Waals surface area contributed by atoms with E-state index in [-0.39, 0.29) is 11.9 Å². The number of methoxy groups -OCH3 is 2. The Bertz CT molecular complexity index is 1420. The van der Waals surface area contributed by atoms with Crippen molar-refractivity contribution >= 4 is 5.69 Å². The first-order chi connectivity index (χ1) is 17.7. The van der Waals surface area contributed by atoms with Crippen LogP contribution >= 0.6 is 0 Å². The van der Waals surface area contributed by atoms with Crippen LogP contribution in [0.25, 0.3) is 22.5 Å². The molecule has 184 valence electrons. The van der Waals surface area contributed by atoms with E-state index >= 15 is 4.39 Å². The van der Waals surface area contributed by atoms with Gasteiger partial charge in [0.1, 0.15) is 23.6 Å². The van der Waals surface area contributed by atoms with Crippen molar-refractivity contribution in [3.63, 3.8) is 0 Å². The molecule has 1 atom stereocenters. The Hall–Kier alpha value is -4.01. The van der Waals surface area contributed by atoms with Crippen molar-refractivity contribution in [1.82, 2.24) is 24.7 Å². The van der Waals surface area contributed by atoms with Crippen LogP contribution in [0.5, 0.6) is 11.6 Å². The minimum absolute atomic E-state index is 0.00497. The van der Waals surface area contributed by atoms with Gasteiger partial charge in [-0.05, 0) is 62.1 Å². The van der Waals surface area contributed by atoms with Gasteiger partial charge in [0.2, 0.25) is 5.88 Å². The lowest BCUT2D eigenvalue weighted by Crippen LogP contribution is -2.21. The van der Waals surface area contributed by atoms with Crippen molar-refractivity contribution in [3.05, 3.63) is 66.1 Å². The number of nitrogens with one attached hydrogen (secondary N) is 1. The van der Waals surface area contributed by atoms with Gasteiger partial charge in [0.05, 0.1) is 42.9 Å². The number of nitrogens with zero attached hydrogens (tertiary/aromatic N) is 5. The zero-order chi connectivity index (χ0) is 24.6. The van der Waals surface area contributed by atoms with E-state index in [0.29, 0.717) is 34.5 Å². The molecule has 36 heavy (non-hydrogen) atoms. The second-order valence-corrected chi connectivity index (χ2v) is 9.18. The van der Waals surface area contributed by atoms with Gasteiger partial charge in [-0.1, -0.05) is 0 Å². The molecule has 6 rings (SSSR count). The Morgan fingerprint density at radius 2 is 1.92 bits per heavy atom. The van der Waals surface area contributed by atoms with E-state index in [1.54, 1.807) is 44.9 Å². The van der Waals surface area contributed by atoms with Gasteiger partial charge < -0.3 is 14.8 Å². The fraction of sp³-hybridized carbons (Fsp3) is 0.333. The second kappa shape index (κ2) is 9.22. The molecule has 0 radical (unpaired) electrons. The van der Waals surface area contributed by atoms with Gasteiger partial charge >= 0.3 is 0 Å². The number of benzene rings is 1. The van der Waals surface area contributed by atoms with Crippen LogP contribution in [0.2, 0.25) is 0 Å². The summed E-state index contributed by atoms with van der Waals surface area (Å²) in [5.74, 6) is 1.16. The van der Waals surface area contributed by atoms with E-state index in [9.17, 15) is 0 Å². The molecule has 4 aromatic rings. The lowest BCUT2D eigenvalue weighted by atomic mass is 10.0. The smallest absolute Gasteiger partial charge is 0.226 e. The van der Waals surface area contributed by atoms with Crippen molar-refractivity contribution in [2.24, 2.45) is 0 Å². The van der Waals surface area contributed by atoms with E-state index in [1.807, 2.05) is 10.7 Å². The van der Waals surface area contributed by atoms with E-state index in [0.717, 1.165) is 54.9 Å². The third-order valence-electron chi connectivity index (χ3n) is 6.84. The number of anilines is 1. The molecule has 1 N–H and O–H groups in total. The minimum atomic E-state index is -0.359. The molecule has 0 bridgehead atoms. The number of halogens is 1. The zero-order valence-electron chi connectivity index (χ0n) is 20.2. The van der Waals surface area contributed by atoms with Crippen LogP contribution in [0.3, 0.4) is 0 Å². The molecule has 8 nitrogen and oxygen atoms in total. The summed E-state index contributed by atoms with van der Waals surface area (Å²) in [5, 5.41) is 8.42. The van der Waals surface area contributed by atoms with E-state index < -0.39 is 0 Å². The van der Waals surface area contributed by atoms with Crippen molar-refractivity contribution in [1.29, 1.82) is 0 Å². The normalized spacial score (nSPS) is 16.9. The topological polar surface area (TPSA) is 87.0 Å².